The standard InChI is InChI=1S/C37H37N5O7/c1-6-47-32-17-24(5)29(20-28(32)23(3)4)36-40-30-16-12-11-15-27(30)37(44)41(36)38-21-25-18-31(42(45)46)35(33(19-25)48-7-2)49-22-34(43)39-26-13-9-8-10-14-26/h8-21,23H,6-7,22H2,1-5H3,(H,39,43). The number of anilines is 1. The van der Waals surface area contributed by atoms with Gasteiger partial charge in [-0.05, 0) is 80.3 Å². The quantitative estimate of drug-likeness (QED) is 0.0797. The predicted octanol–water partition coefficient (Wildman–Crippen LogP) is 7.10. The number of rotatable bonds is 13. The van der Waals surface area contributed by atoms with Crippen LogP contribution in [0.15, 0.2) is 88.8 Å². The summed E-state index contributed by atoms with van der Waals surface area (Å²) in [6, 6.07) is 22.4. The molecular formula is C37H37N5O7. The van der Waals surface area contributed by atoms with Gasteiger partial charge in [-0.2, -0.15) is 9.78 Å². The zero-order chi connectivity index (χ0) is 35.1. The second-order valence-electron chi connectivity index (χ2n) is 11.4. The zero-order valence-electron chi connectivity index (χ0n) is 27.9. The number of nitrogens with zero attached hydrogens (tertiary/aromatic N) is 4. The molecule has 0 saturated heterocycles. The van der Waals surface area contributed by atoms with Crippen molar-refractivity contribution in [3.8, 4) is 28.6 Å². The Hall–Kier alpha value is -6.04. The van der Waals surface area contributed by atoms with Gasteiger partial charge in [-0.25, -0.2) is 4.98 Å². The van der Waals surface area contributed by atoms with E-state index in [1.807, 2.05) is 32.0 Å². The van der Waals surface area contributed by atoms with Crippen molar-refractivity contribution >= 4 is 34.4 Å². The number of carbonyl (C=O) groups excluding carboxylic acids is 1. The van der Waals surface area contributed by atoms with Crippen LogP contribution in [-0.2, 0) is 4.79 Å². The summed E-state index contributed by atoms with van der Waals surface area (Å²) in [6.07, 6.45) is 1.33. The highest BCUT2D eigenvalue weighted by molar-refractivity contribution is 5.92. The van der Waals surface area contributed by atoms with E-state index in [0.717, 1.165) is 16.9 Å². The van der Waals surface area contributed by atoms with Crippen molar-refractivity contribution in [1.29, 1.82) is 0 Å². The Morgan fingerprint density at radius 2 is 1.67 bits per heavy atom. The fraction of sp³-hybridized carbons (Fsp3) is 0.243. The number of amides is 1. The Labute approximate surface area is 283 Å². The second-order valence-corrected chi connectivity index (χ2v) is 11.4. The van der Waals surface area contributed by atoms with Gasteiger partial charge in [0.15, 0.2) is 18.2 Å². The molecule has 5 rings (SSSR count). The minimum Gasteiger partial charge on any atom is -0.494 e. The van der Waals surface area contributed by atoms with Crippen molar-refractivity contribution in [2.24, 2.45) is 5.10 Å². The maximum absolute atomic E-state index is 13.9. The van der Waals surface area contributed by atoms with Crippen molar-refractivity contribution < 1.29 is 23.9 Å². The molecule has 1 N–H and O–H groups in total. The second kappa shape index (κ2) is 15.2. The van der Waals surface area contributed by atoms with Crippen LogP contribution < -0.4 is 25.1 Å². The Morgan fingerprint density at radius 1 is 0.980 bits per heavy atom. The van der Waals surface area contributed by atoms with E-state index in [1.54, 1.807) is 55.5 Å². The highest BCUT2D eigenvalue weighted by atomic mass is 16.6. The van der Waals surface area contributed by atoms with Gasteiger partial charge < -0.3 is 19.5 Å². The monoisotopic (exact) mass is 663 g/mol. The summed E-state index contributed by atoms with van der Waals surface area (Å²) in [5.41, 5.74) is 2.92. The molecule has 1 heterocycles. The molecular weight excluding hydrogens is 626 g/mol. The largest absolute Gasteiger partial charge is 0.494 e. The third-order valence-corrected chi connectivity index (χ3v) is 7.55. The number of fused-ring (bicyclic) bond motifs is 1. The van der Waals surface area contributed by atoms with E-state index in [1.165, 1.54) is 23.0 Å². The first-order valence-electron chi connectivity index (χ1n) is 15.9. The molecule has 12 nitrogen and oxygen atoms in total. The molecule has 5 aromatic rings. The molecule has 0 bridgehead atoms. The minimum absolute atomic E-state index is 0.0406. The van der Waals surface area contributed by atoms with E-state index >= 15 is 0 Å². The molecule has 0 spiro atoms. The number of nitrogens with one attached hydrogen (secondary N) is 1. The van der Waals surface area contributed by atoms with Crippen LogP contribution in [0.3, 0.4) is 0 Å². The lowest BCUT2D eigenvalue weighted by Crippen LogP contribution is -2.21. The molecule has 49 heavy (non-hydrogen) atoms. The third kappa shape index (κ3) is 7.75. The van der Waals surface area contributed by atoms with Crippen molar-refractivity contribution in [3.05, 3.63) is 116 Å². The van der Waals surface area contributed by atoms with E-state index in [-0.39, 0.29) is 29.6 Å². The van der Waals surface area contributed by atoms with Gasteiger partial charge >= 0.3 is 5.69 Å². The lowest BCUT2D eigenvalue weighted by Gasteiger charge is -2.18. The molecule has 12 heteroatoms. The van der Waals surface area contributed by atoms with E-state index in [2.05, 4.69) is 24.3 Å². The summed E-state index contributed by atoms with van der Waals surface area (Å²) < 4.78 is 18.5. The normalized spacial score (nSPS) is 11.2. The first-order chi connectivity index (χ1) is 23.6. The molecule has 1 amide bonds. The van der Waals surface area contributed by atoms with Crippen molar-refractivity contribution in [3.63, 3.8) is 0 Å². The number of nitro groups is 1. The number of hydrogen-bond acceptors (Lipinski definition) is 9. The fourth-order valence-electron chi connectivity index (χ4n) is 5.28. The maximum atomic E-state index is 13.9. The van der Waals surface area contributed by atoms with Gasteiger partial charge in [-0.3, -0.25) is 19.7 Å². The summed E-state index contributed by atoms with van der Waals surface area (Å²) in [6.45, 7) is 9.84. The summed E-state index contributed by atoms with van der Waals surface area (Å²) in [4.78, 5) is 42.9. The number of para-hydroxylation sites is 2. The van der Waals surface area contributed by atoms with Crippen LogP contribution in [0.5, 0.6) is 17.2 Å². The third-order valence-electron chi connectivity index (χ3n) is 7.55. The van der Waals surface area contributed by atoms with Crippen LogP contribution in [0.25, 0.3) is 22.3 Å². The van der Waals surface area contributed by atoms with Crippen molar-refractivity contribution in [2.75, 3.05) is 25.1 Å². The topological polar surface area (TPSA) is 147 Å². The Kier molecular flexibility index (Phi) is 10.7. The van der Waals surface area contributed by atoms with Crippen LogP contribution in [-0.4, -0.2) is 46.5 Å². The molecule has 0 saturated carbocycles. The molecule has 0 unspecified atom stereocenters. The highest BCUT2D eigenvalue weighted by Gasteiger charge is 2.24. The van der Waals surface area contributed by atoms with Crippen LogP contribution in [0, 0.1) is 17.0 Å². The predicted molar refractivity (Wildman–Crippen MR) is 189 cm³/mol. The Morgan fingerprint density at radius 3 is 2.37 bits per heavy atom. The van der Waals surface area contributed by atoms with Gasteiger partial charge in [0.25, 0.3) is 11.5 Å². The van der Waals surface area contributed by atoms with Crippen LogP contribution in [0.4, 0.5) is 11.4 Å². The highest BCUT2D eigenvalue weighted by Crippen LogP contribution is 2.39. The van der Waals surface area contributed by atoms with Gasteiger partial charge in [0.05, 0.1) is 35.3 Å². The molecule has 1 aromatic heterocycles. The number of aryl methyl sites for hydroxylation is 1. The number of ether oxygens (including phenoxy) is 3. The van der Waals surface area contributed by atoms with E-state index in [4.69, 9.17) is 19.2 Å². The van der Waals surface area contributed by atoms with Crippen molar-refractivity contribution in [2.45, 2.75) is 40.5 Å². The number of hydrogen-bond donors (Lipinski definition) is 1. The van der Waals surface area contributed by atoms with Gasteiger partial charge in [-0.15, -0.1) is 0 Å². The van der Waals surface area contributed by atoms with Gasteiger partial charge in [0.2, 0.25) is 5.75 Å². The molecule has 252 valence electrons. The van der Waals surface area contributed by atoms with Crippen LogP contribution in [0.1, 0.15) is 50.3 Å². The Balaban J connectivity index is 1.58. The van der Waals surface area contributed by atoms with Gasteiger partial charge in [0.1, 0.15) is 5.75 Å². The smallest absolute Gasteiger partial charge is 0.315 e. The van der Waals surface area contributed by atoms with E-state index in [0.29, 0.717) is 34.6 Å². The lowest BCUT2D eigenvalue weighted by molar-refractivity contribution is -0.385. The molecule has 0 atom stereocenters. The number of benzene rings is 4. The molecule has 0 aliphatic heterocycles. The fourth-order valence-corrected chi connectivity index (χ4v) is 5.28. The number of nitro benzene ring substituents is 1. The number of carbonyl (C=O) groups is 1. The van der Waals surface area contributed by atoms with E-state index < -0.39 is 28.7 Å². The summed E-state index contributed by atoms with van der Waals surface area (Å²) >= 11 is 0. The number of aromatic nitrogens is 2. The molecule has 0 aliphatic carbocycles. The zero-order valence-corrected chi connectivity index (χ0v) is 27.9. The maximum Gasteiger partial charge on any atom is 0.315 e. The average molecular weight is 664 g/mol. The molecule has 0 radical (unpaired) electrons. The first-order valence-corrected chi connectivity index (χ1v) is 15.9. The molecule has 4 aromatic carbocycles. The average Bonchev–Trinajstić information content (AvgIpc) is 3.08. The SMILES string of the molecule is CCOc1cc(C)c(-c2nc3ccccc3c(=O)n2N=Cc2cc(OCC)c(OCC(=O)Nc3ccccc3)c([N+](=O)[O-])c2)cc1C(C)C. The van der Waals surface area contributed by atoms with Gasteiger partial charge in [0, 0.05) is 22.9 Å². The summed E-state index contributed by atoms with van der Waals surface area (Å²) in [5.74, 6) is 0.503. The van der Waals surface area contributed by atoms with Crippen LogP contribution in [0.2, 0.25) is 0 Å². The minimum atomic E-state index is -0.629. The molecule has 0 fully saturated rings. The molecule has 0 aliphatic rings. The summed E-state index contributed by atoms with van der Waals surface area (Å²) in [5, 5.41) is 19.8. The van der Waals surface area contributed by atoms with Crippen LogP contribution >= 0.6 is 0 Å². The van der Waals surface area contributed by atoms with E-state index in [9.17, 15) is 19.7 Å². The van der Waals surface area contributed by atoms with Gasteiger partial charge in [-0.1, -0.05) is 44.2 Å². The lowest BCUT2D eigenvalue weighted by atomic mass is 9.96. The van der Waals surface area contributed by atoms with Crippen molar-refractivity contribution in [1.82, 2.24) is 9.66 Å². The first kappa shape index (κ1) is 34.3. The summed E-state index contributed by atoms with van der Waals surface area (Å²) in [7, 11) is 0. The Bertz CT molecular complexity index is 2090.